The molecule has 1 fully saturated rings. The Balaban J connectivity index is 1.98. The summed E-state index contributed by atoms with van der Waals surface area (Å²) in [5.74, 6) is 0.445. The maximum absolute atomic E-state index is 12.2. The van der Waals surface area contributed by atoms with E-state index in [-0.39, 0.29) is 9.88 Å². The van der Waals surface area contributed by atoms with Crippen LogP contribution in [-0.4, -0.2) is 33.2 Å². The maximum Gasteiger partial charge on any atom is 0.240 e. The minimum Gasteiger partial charge on any atom is -0.389 e. The smallest absolute Gasteiger partial charge is 0.240 e. The zero-order valence-electron chi connectivity index (χ0n) is 11.0. The number of benzene rings is 1. The van der Waals surface area contributed by atoms with Gasteiger partial charge >= 0.3 is 0 Å². The van der Waals surface area contributed by atoms with Gasteiger partial charge in [0.1, 0.15) is 4.99 Å². The monoisotopic (exact) mass is 314 g/mol. The number of nitrogens with one attached hydrogen (secondary N) is 1. The van der Waals surface area contributed by atoms with Crippen LogP contribution in [0.25, 0.3) is 0 Å². The summed E-state index contributed by atoms with van der Waals surface area (Å²) in [6, 6.07) is 6.34. The number of sulfonamides is 1. The van der Waals surface area contributed by atoms with Gasteiger partial charge in [0.05, 0.1) is 4.90 Å². The van der Waals surface area contributed by atoms with E-state index in [1.165, 1.54) is 12.1 Å². The molecule has 0 aromatic heterocycles. The zero-order chi connectivity index (χ0) is 14.6. The van der Waals surface area contributed by atoms with E-state index in [9.17, 15) is 8.42 Å². The molecule has 0 bridgehead atoms. The van der Waals surface area contributed by atoms with Gasteiger partial charge in [0, 0.05) is 25.3 Å². The number of hydrogen-bond donors (Lipinski definition) is 2. The van der Waals surface area contributed by atoms with Gasteiger partial charge in [-0.15, -0.1) is 0 Å². The van der Waals surface area contributed by atoms with Crippen LogP contribution in [0.2, 0.25) is 0 Å². The molecule has 2 rings (SSSR count). The summed E-state index contributed by atoms with van der Waals surface area (Å²) in [5.41, 5.74) is 6.06. The Kier molecular flexibility index (Phi) is 5.09. The van der Waals surface area contributed by atoms with Crippen LogP contribution in [0.3, 0.4) is 0 Å². The van der Waals surface area contributed by atoms with Crippen LogP contribution in [0.4, 0.5) is 0 Å². The molecule has 1 aromatic carbocycles. The molecule has 1 aromatic rings. The molecule has 5 nitrogen and oxygen atoms in total. The predicted molar refractivity (Wildman–Crippen MR) is 81.1 cm³/mol. The fraction of sp³-hybridized carbons (Fsp3) is 0.462. The van der Waals surface area contributed by atoms with Crippen LogP contribution >= 0.6 is 12.2 Å². The molecule has 1 atom stereocenters. The highest BCUT2D eigenvalue weighted by Crippen LogP contribution is 2.16. The molecule has 20 heavy (non-hydrogen) atoms. The Bertz CT molecular complexity index is 581. The first-order chi connectivity index (χ1) is 9.49. The molecule has 1 aliphatic heterocycles. The molecule has 0 spiro atoms. The molecule has 1 unspecified atom stereocenters. The van der Waals surface area contributed by atoms with Gasteiger partial charge in [-0.3, -0.25) is 0 Å². The van der Waals surface area contributed by atoms with E-state index in [0.29, 0.717) is 18.0 Å². The van der Waals surface area contributed by atoms with Crippen molar-refractivity contribution in [3.63, 3.8) is 0 Å². The van der Waals surface area contributed by atoms with E-state index < -0.39 is 10.0 Å². The Labute approximate surface area is 124 Å². The number of hydrogen-bond acceptors (Lipinski definition) is 4. The van der Waals surface area contributed by atoms with E-state index in [1.54, 1.807) is 12.1 Å². The van der Waals surface area contributed by atoms with Gasteiger partial charge in [-0.1, -0.05) is 24.4 Å². The van der Waals surface area contributed by atoms with Crippen molar-refractivity contribution in [2.24, 2.45) is 11.7 Å². The molecule has 110 valence electrons. The predicted octanol–water partition coefficient (Wildman–Crippen LogP) is 1.03. The first-order valence-electron chi connectivity index (χ1n) is 6.46. The number of thiocarbonyl (C=S) groups is 1. The molecule has 3 N–H and O–H groups in total. The summed E-state index contributed by atoms with van der Waals surface area (Å²) >= 11 is 4.85. The van der Waals surface area contributed by atoms with E-state index in [1.807, 2.05) is 0 Å². The minimum atomic E-state index is -3.51. The summed E-state index contributed by atoms with van der Waals surface area (Å²) in [6.45, 7) is 1.90. The molecular formula is C13H18N2O3S2. The maximum atomic E-state index is 12.2. The Morgan fingerprint density at radius 1 is 1.50 bits per heavy atom. The van der Waals surface area contributed by atoms with Crippen LogP contribution in [0, 0.1) is 5.92 Å². The van der Waals surface area contributed by atoms with Crippen molar-refractivity contribution >= 4 is 27.2 Å². The van der Waals surface area contributed by atoms with Crippen LogP contribution in [0.5, 0.6) is 0 Å². The highest BCUT2D eigenvalue weighted by Gasteiger charge is 2.18. The molecule has 0 aliphatic carbocycles. The van der Waals surface area contributed by atoms with Crippen LogP contribution in [0.15, 0.2) is 29.2 Å². The van der Waals surface area contributed by atoms with Crippen molar-refractivity contribution in [1.82, 2.24) is 4.72 Å². The normalized spacial score (nSPS) is 19.1. The molecule has 1 heterocycles. The minimum absolute atomic E-state index is 0.185. The summed E-state index contributed by atoms with van der Waals surface area (Å²) in [7, 11) is -3.51. The lowest BCUT2D eigenvalue weighted by molar-refractivity contribution is 0.184. The molecule has 0 radical (unpaired) electrons. The number of nitrogens with two attached hydrogens (primary N) is 1. The Morgan fingerprint density at radius 2 is 2.30 bits per heavy atom. The molecule has 0 amide bonds. The second-order valence-corrected chi connectivity index (χ2v) is 7.01. The number of rotatable bonds is 6. The Morgan fingerprint density at radius 3 is 2.95 bits per heavy atom. The molecule has 1 aliphatic rings. The second-order valence-electron chi connectivity index (χ2n) is 4.81. The average molecular weight is 314 g/mol. The second kappa shape index (κ2) is 6.62. The van der Waals surface area contributed by atoms with Crippen molar-refractivity contribution in [2.75, 3.05) is 19.8 Å². The fourth-order valence-corrected chi connectivity index (χ4v) is 3.33. The fourth-order valence-electron chi connectivity index (χ4n) is 2.11. The lowest BCUT2D eigenvalue weighted by Gasteiger charge is -2.10. The van der Waals surface area contributed by atoms with Gasteiger partial charge in [0.15, 0.2) is 0 Å². The van der Waals surface area contributed by atoms with Gasteiger partial charge in [0.2, 0.25) is 10.0 Å². The SMILES string of the molecule is NC(=S)c1cccc(S(=O)(=O)NCCC2CCOC2)c1. The van der Waals surface area contributed by atoms with E-state index in [2.05, 4.69) is 4.72 Å². The number of ether oxygens (including phenoxy) is 1. The first-order valence-corrected chi connectivity index (χ1v) is 8.35. The van der Waals surface area contributed by atoms with Crippen molar-refractivity contribution in [3.05, 3.63) is 29.8 Å². The average Bonchev–Trinajstić information content (AvgIpc) is 2.92. The van der Waals surface area contributed by atoms with E-state index >= 15 is 0 Å². The lowest BCUT2D eigenvalue weighted by Crippen LogP contribution is -2.26. The Hall–Kier alpha value is -1.02. The first kappa shape index (κ1) is 15.4. The highest BCUT2D eigenvalue weighted by atomic mass is 32.2. The van der Waals surface area contributed by atoms with E-state index in [4.69, 9.17) is 22.7 Å². The third-order valence-electron chi connectivity index (χ3n) is 3.30. The summed E-state index contributed by atoms with van der Waals surface area (Å²) in [4.78, 5) is 0.371. The largest absolute Gasteiger partial charge is 0.389 e. The standard InChI is InChI=1S/C13H18N2O3S2/c14-13(19)11-2-1-3-12(8-11)20(16,17)15-6-4-10-5-7-18-9-10/h1-3,8,10,15H,4-7,9H2,(H2,14,19). The third-order valence-corrected chi connectivity index (χ3v) is 4.99. The van der Waals surface area contributed by atoms with Gasteiger partial charge in [-0.2, -0.15) is 0 Å². The highest BCUT2D eigenvalue weighted by molar-refractivity contribution is 7.89. The van der Waals surface area contributed by atoms with E-state index in [0.717, 1.165) is 26.1 Å². The molecular weight excluding hydrogens is 296 g/mol. The van der Waals surface area contributed by atoms with Gasteiger partial charge in [0.25, 0.3) is 0 Å². The third kappa shape index (κ3) is 3.99. The summed E-state index contributed by atoms with van der Waals surface area (Å²) in [6.07, 6.45) is 1.78. The molecule has 1 saturated heterocycles. The van der Waals surface area contributed by atoms with Crippen molar-refractivity contribution in [3.8, 4) is 0 Å². The summed E-state index contributed by atoms with van der Waals surface area (Å²) < 4.78 is 32.2. The van der Waals surface area contributed by atoms with Crippen LogP contribution < -0.4 is 10.5 Å². The lowest BCUT2D eigenvalue weighted by atomic mass is 10.1. The van der Waals surface area contributed by atoms with Crippen LogP contribution in [-0.2, 0) is 14.8 Å². The van der Waals surface area contributed by atoms with Crippen LogP contribution in [0.1, 0.15) is 18.4 Å². The molecule has 0 saturated carbocycles. The van der Waals surface area contributed by atoms with Crippen molar-refractivity contribution < 1.29 is 13.2 Å². The topological polar surface area (TPSA) is 81.4 Å². The van der Waals surface area contributed by atoms with Gasteiger partial charge in [-0.05, 0) is 30.9 Å². The van der Waals surface area contributed by atoms with Gasteiger partial charge < -0.3 is 10.5 Å². The summed E-state index contributed by atoms with van der Waals surface area (Å²) in [5, 5.41) is 0. The molecule has 7 heteroatoms. The zero-order valence-corrected chi connectivity index (χ0v) is 12.7. The van der Waals surface area contributed by atoms with Gasteiger partial charge in [-0.25, -0.2) is 13.1 Å². The van der Waals surface area contributed by atoms with Crippen molar-refractivity contribution in [1.29, 1.82) is 0 Å². The quantitative estimate of drug-likeness (QED) is 0.766. The van der Waals surface area contributed by atoms with Crippen molar-refractivity contribution in [2.45, 2.75) is 17.7 Å².